The Labute approximate surface area is 116 Å². The van der Waals surface area contributed by atoms with Crippen LogP contribution in [0.2, 0.25) is 0 Å². The molecule has 1 rings (SSSR count). The first kappa shape index (κ1) is 16.1. The van der Waals surface area contributed by atoms with Gasteiger partial charge in [-0.3, -0.25) is 4.79 Å². The Morgan fingerprint density at radius 1 is 1.30 bits per heavy atom. The number of carbonyl (C=O) groups is 2. The monoisotopic (exact) mass is 282 g/mol. The minimum atomic E-state index is -1.66. The number of benzene rings is 1. The largest absolute Gasteiger partial charge is 0.469 e. The van der Waals surface area contributed by atoms with Crippen LogP contribution in [0, 0.1) is 0 Å². The highest BCUT2D eigenvalue weighted by atomic mass is 16.5. The lowest BCUT2D eigenvalue weighted by Crippen LogP contribution is -2.30. The average Bonchev–Trinajstić information content (AvgIpc) is 2.46. The molecule has 2 atom stereocenters. The van der Waals surface area contributed by atoms with Gasteiger partial charge in [-0.2, -0.15) is 0 Å². The van der Waals surface area contributed by atoms with Crippen molar-refractivity contribution >= 4 is 11.9 Å². The van der Waals surface area contributed by atoms with Crippen LogP contribution in [0.4, 0.5) is 0 Å². The molecule has 0 radical (unpaired) electrons. The predicted octanol–water partition coefficient (Wildman–Crippen LogP) is 0.359. The van der Waals surface area contributed by atoms with Crippen molar-refractivity contribution in [1.29, 1.82) is 0 Å². The van der Waals surface area contributed by atoms with Crippen molar-refractivity contribution in [3.63, 3.8) is 0 Å². The Hall–Kier alpha value is -1.92. The molecule has 0 saturated carbocycles. The van der Waals surface area contributed by atoms with E-state index in [0.717, 1.165) is 0 Å². The fourth-order valence-electron chi connectivity index (χ4n) is 1.66. The number of rotatable bonds is 6. The molecule has 1 aromatic rings. The third-order valence-corrected chi connectivity index (χ3v) is 2.70. The second-order valence-corrected chi connectivity index (χ2v) is 4.14. The first-order chi connectivity index (χ1) is 9.49. The van der Waals surface area contributed by atoms with E-state index < -0.39 is 24.1 Å². The Morgan fingerprint density at radius 2 is 2.00 bits per heavy atom. The maximum Gasteiger partial charge on any atom is 0.338 e. The van der Waals surface area contributed by atoms with Crippen LogP contribution in [-0.2, 0) is 25.5 Å². The summed E-state index contributed by atoms with van der Waals surface area (Å²) in [6.07, 6.45) is -3.03. The molecule has 0 saturated heterocycles. The van der Waals surface area contributed by atoms with Crippen molar-refractivity contribution < 1.29 is 29.3 Å². The molecule has 6 nitrogen and oxygen atoms in total. The zero-order valence-electron chi connectivity index (χ0n) is 11.4. The van der Waals surface area contributed by atoms with E-state index in [1.165, 1.54) is 13.2 Å². The van der Waals surface area contributed by atoms with Gasteiger partial charge in [-0.05, 0) is 18.1 Å². The molecule has 0 aliphatic rings. The third-order valence-electron chi connectivity index (χ3n) is 2.70. The summed E-state index contributed by atoms with van der Waals surface area (Å²) in [5.74, 6) is -1.30. The number of ether oxygens (including phenoxy) is 2. The lowest BCUT2D eigenvalue weighted by Gasteiger charge is -2.17. The van der Waals surface area contributed by atoms with Gasteiger partial charge in [-0.15, -0.1) is 0 Å². The van der Waals surface area contributed by atoms with E-state index >= 15 is 0 Å². The second kappa shape index (κ2) is 7.62. The van der Waals surface area contributed by atoms with Crippen molar-refractivity contribution in [2.45, 2.75) is 25.6 Å². The summed E-state index contributed by atoms with van der Waals surface area (Å²) >= 11 is 0. The van der Waals surface area contributed by atoms with Crippen molar-refractivity contribution in [2.75, 3.05) is 13.7 Å². The number of hydrogen-bond donors (Lipinski definition) is 2. The molecule has 2 N–H and O–H groups in total. The summed E-state index contributed by atoms with van der Waals surface area (Å²) in [7, 11) is 1.28. The van der Waals surface area contributed by atoms with Crippen molar-refractivity contribution in [1.82, 2.24) is 0 Å². The predicted molar refractivity (Wildman–Crippen MR) is 69.8 cm³/mol. The van der Waals surface area contributed by atoms with Gasteiger partial charge in [-0.25, -0.2) is 4.79 Å². The lowest BCUT2D eigenvalue weighted by atomic mass is 10.0. The van der Waals surface area contributed by atoms with Gasteiger partial charge in [-0.1, -0.05) is 24.3 Å². The highest BCUT2D eigenvalue weighted by molar-refractivity contribution is 5.75. The molecule has 0 spiro atoms. The number of aliphatic hydroxyl groups excluding tert-OH is 2. The van der Waals surface area contributed by atoms with Gasteiger partial charge in [0.15, 0.2) is 6.10 Å². The Kier molecular flexibility index (Phi) is 6.14. The average molecular weight is 282 g/mol. The standard InChI is InChI=1S/C14H18O6/c1-3-20-14(18)13(17)12(16)10-6-4-5-9(7-10)8-11(15)19-2/h4-7,12-13,16-17H,3,8H2,1-2H3. The topological polar surface area (TPSA) is 93.1 Å². The fraction of sp³-hybridized carbons (Fsp3) is 0.429. The molecule has 0 aliphatic carbocycles. The first-order valence-electron chi connectivity index (χ1n) is 6.18. The number of aliphatic hydroxyl groups is 2. The third kappa shape index (κ3) is 4.32. The lowest BCUT2D eigenvalue weighted by molar-refractivity contribution is -0.159. The van der Waals surface area contributed by atoms with E-state index in [1.807, 2.05) is 0 Å². The zero-order chi connectivity index (χ0) is 15.1. The summed E-state index contributed by atoms with van der Waals surface area (Å²) in [4.78, 5) is 22.5. The Balaban J connectivity index is 2.82. The Morgan fingerprint density at radius 3 is 2.60 bits per heavy atom. The molecule has 6 heteroatoms. The van der Waals surface area contributed by atoms with Crippen LogP contribution in [-0.4, -0.2) is 42.0 Å². The van der Waals surface area contributed by atoms with Crippen LogP contribution in [0.25, 0.3) is 0 Å². The highest BCUT2D eigenvalue weighted by Gasteiger charge is 2.27. The molecule has 0 aromatic heterocycles. The smallest absolute Gasteiger partial charge is 0.338 e. The number of esters is 2. The summed E-state index contributed by atoms with van der Waals surface area (Å²) < 4.78 is 9.18. The number of methoxy groups -OCH3 is 1. The minimum absolute atomic E-state index is 0.0482. The van der Waals surface area contributed by atoms with Gasteiger partial charge < -0.3 is 19.7 Å². The quantitative estimate of drug-likeness (QED) is 0.732. The van der Waals surface area contributed by atoms with E-state index in [2.05, 4.69) is 9.47 Å². The second-order valence-electron chi connectivity index (χ2n) is 4.14. The molecule has 0 bridgehead atoms. The number of carbonyl (C=O) groups excluding carboxylic acids is 2. The summed E-state index contributed by atoms with van der Waals surface area (Å²) in [6, 6.07) is 6.39. The van der Waals surface area contributed by atoms with E-state index in [9.17, 15) is 19.8 Å². The summed E-state index contributed by atoms with van der Waals surface area (Å²) in [5, 5.41) is 19.6. The zero-order valence-corrected chi connectivity index (χ0v) is 11.4. The molecule has 20 heavy (non-hydrogen) atoms. The van der Waals surface area contributed by atoms with Gasteiger partial charge >= 0.3 is 11.9 Å². The minimum Gasteiger partial charge on any atom is -0.469 e. The molecule has 1 aromatic carbocycles. The maximum atomic E-state index is 11.4. The van der Waals surface area contributed by atoms with Gasteiger partial charge in [0, 0.05) is 0 Å². The molecule has 0 amide bonds. The fourth-order valence-corrected chi connectivity index (χ4v) is 1.66. The van der Waals surface area contributed by atoms with Gasteiger partial charge in [0.2, 0.25) is 0 Å². The SMILES string of the molecule is CCOC(=O)C(O)C(O)c1cccc(CC(=O)OC)c1. The molecular formula is C14H18O6. The van der Waals surface area contributed by atoms with Crippen LogP contribution in [0.3, 0.4) is 0 Å². The number of hydrogen-bond acceptors (Lipinski definition) is 6. The molecule has 110 valence electrons. The molecule has 2 unspecified atom stereocenters. The molecular weight excluding hydrogens is 264 g/mol. The van der Waals surface area contributed by atoms with Crippen molar-refractivity contribution in [3.8, 4) is 0 Å². The van der Waals surface area contributed by atoms with Crippen LogP contribution in [0.1, 0.15) is 24.2 Å². The normalized spacial score (nSPS) is 13.4. The van der Waals surface area contributed by atoms with Crippen LogP contribution in [0.5, 0.6) is 0 Å². The molecule has 0 fully saturated rings. The van der Waals surface area contributed by atoms with Crippen LogP contribution < -0.4 is 0 Å². The molecule has 0 aliphatic heterocycles. The summed E-state index contributed by atoms with van der Waals surface area (Å²) in [5.41, 5.74) is 0.941. The summed E-state index contributed by atoms with van der Waals surface area (Å²) in [6.45, 7) is 1.72. The van der Waals surface area contributed by atoms with E-state index in [1.54, 1.807) is 25.1 Å². The van der Waals surface area contributed by atoms with Gasteiger partial charge in [0.1, 0.15) is 6.10 Å². The maximum absolute atomic E-state index is 11.4. The van der Waals surface area contributed by atoms with Gasteiger partial charge in [0.25, 0.3) is 0 Å². The van der Waals surface area contributed by atoms with Crippen LogP contribution >= 0.6 is 0 Å². The van der Waals surface area contributed by atoms with Crippen molar-refractivity contribution in [3.05, 3.63) is 35.4 Å². The van der Waals surface area contributed by atoms with E-state index in [-0.39, 0.29) is 13.0 Å². The van der Waals surface area contributed by atoms with Crippen molar-refractivity contribution in [2.24, 2.45) is 0 Å². The van der Waals surface area contributed by atoms with E-state index in [0.29, 0.717) is 11.1 Å². The molecule has 0 heterocycles. The van der Waals surface area contributed by atoms with E-state index in [4.69, 9.17) is 0 Å². The van der Waals surface area contributed by atoms with Crippen LogP contribution in [0.15, 0.2) is 24.3 Å². The highest BCUT2D eigenvalue weighted by Crippen LogP contribution is 2.19. The van der Waals surface area contributed by atoms with Gasteiger partial charge in [0.05, 0.1) is 20.1 Å². The first-order valence-corrected chi connectivity index (χ1v) is 6.18. The Bertz CT molecular complexity index is 470.